The first-order chi connectivity index (χ1) is 9.88. The first kappa shape index (κ1) is 15.3. The molecule has 21 heavy (non-hydrogen) atoms. The molecule has 0 saturated heterocycles. The zero-order chi connectivity index (χ0) is 15.6. The molecule has 0 aliphatic carbocycles. The molecule has 2 aromatic rings. The first-order valence-electron chi connectivity index (χ1n) is 5.84. The van der Waals surface area contributed by atoms with Crippen LogP contribution in [0, 0.1) is 0 Å². The SMILES string of the molecule is NC(=O)c1ccc(NC(=O)c2cc(Br)ccc2N)cc1Cl. The summed E-state index contributed by atoms with van der Waals surface area (Å²) >= 11 is 9.21. The highest BCUT2D eigenvalue weighted by Crippen LogP contribution is 2.23. The molecule has 0 aromatic heterocycles. The summed E-state index contributed by atoms with van der Waals surface area (Å²) in [6, 6.07) is 9.42. The molecule has 0 unspecified atom stereocenters. The van der Waals surface area contributed by atoms with Gasteiger partial charge >= 0.3 is 0 Å². The summed E-state index contributed by atoms with van der Waals surface area (Å²) in [7, 11) is 0. The molecule has 2 aromatic carbocycles. The molecule has 0 aliphatic rings. The Morgan fingerprint density at radius 2 is 1.81 bits per heavy atom. The van der Waals surface area contributed by atoms with Gasteiger partial charge in [-0.05, 0) is 36.4 Å². The molecule has 0 bridgehead atoms. The van der Waals surface area contributed by atoms with Crippen molar-refractivity contribution in [2.75, 3.05) is 11.1 Å². The number of nitrogen functional groups attached to an aromatic ring is 1. The third kappa shape index (κ3) is 3.53. The number of benzene rings is 2. The predicted octanol–water partition coefficient (Wildman–Crippen LogP) is 3.04. The van der Waals surface area contributed by atoms with E-state index in [4.69, 9.17) is 23.1 Å². The van der Waals surface area contributed by atoms with Crippen LogP contribution in [0.5, 0.6) is 0 Å². The van der Waals surface area contributed by atoms with Crippen molar-refractivity contribution in [2.45, 2.75) is 0 Å². The Bertz CT molecular complexity index is 734. The highest BCUT2D eigenvalue weighted by molar-refractivity contribution is 9.10. The number of amides is 2. The average molecular weight is 369 g/mol. The summed E-state index contributed by atoms with van der Waals surface area (Å²) in [5, 5.41) is 2.83. The van der Waals surface area contributed by atoms with Crippen LogP contribution in [0.15, 0.2) is 40.9 Å². The van der Waals surface area contributed by atoms with Gasteiger partial charge in [-0.25, -0.2) is 0 Å². The lowest BCUT2D eigenvalue weighted by Crippen LogP contribution is -2.15. The van der Waals surface area contributed by atoms with E-state index in [0.717, 1.165) is 4.47 Å². The molecule has 0 saturated carbocycles. The molecule has 108 valence electrons. The number of rotatable bonds is 3. The monoisotopic (exact) mass is 367 g/mol. The second kappa shape index (κ2) is 6.15. The Morgan fingerprint density at radius 3 is 2.43 bits per heavy atom. The maximum absolute atomic E-state index is 12.2. The summed E-state index contributed by atoms with van der Waals surface area (Å²) in [6.07, 6.45) is 0. The van der Waals surface area contributed by atoms with Crippen molar-refractivity contribution in [1.29, 1.82) is 0 Å². The van der Waals surface area contributed by atoms with Gasteiger partial charge in [0.15, 0.2) is 0 Å². The maximum Gasteiger partial charge on any atom is 0.257 e. The van der Waals surface area contributed by atoms with Gasteiger partial charge in [0.1, 0.15) is 0 Å². The predicted molar refractivity (Wildman–Crippen MR) is 86.5 cm³/mol. The molecule has 2 rings (SSSR count). The molecular weight excluding hydrogens is 358 g/mol. The smallest absolute Gasteiger partial charge is 0.257 e. The standard InChI is InChI=1S/C14H11BrClN3O2/c15-7-1-4-12(17)10(5-7)14(21)19-8-2-3-9(13(18)20)11(16)6-8/h1-6H,17H2,(H2,18,20)(H,19,21). The normalized spacial score (nSPS) is 10.2. The number of hydrogen-bond donors (Lipinski definition) is 3. The first-order valence-corrected chi connectivity index (χ1v) is 7.01. The van der Waals surface area contributed by atoms with E-state index in [2.05, 4.69) is 21.2 Å². The van der Waals surface area contributed by atoms with Gasteiger partial charge in [0.2, 0.25) is 5.91 Å². The molecule has 2 amide bonds. The molecular formula is C14H11BrClN3O2. The lowest BCUT2D eigenvalue weighted by atomic mass is 10.1. The summed E-state index contributed by atoms with van der Waals surface area (Å²) in [4.78, 5) is 23.3. The van der Waals surface area contributed by atoms with Crippen LogP contribution in [0.1, 0.15) is 20.7 Å². The molecule has 0 atom stereocenters. The fourth-order valence-electron chi connectivity index (χ4n) is 1.72. The van der Waals surface area contributed by atoms with E-state index in [1.54, 1.807) is 18.2 Å². The van der Waals surface area contributed by atoms with E-state index in [-0.39, 0.29) is 16.5 Å². The van der Waals surface area contributed by atoms with Gasteiger partial charge in [-0.3, -0.25) is 9.59 Å². The second-order valence-corrected chi connectivity index (χ2v) is 5.57. The fraction of sp³-hybridized carbons (Fsp3) is 0. The Kier molecular flexibility index (Phi) is 4.50. The largest absolute Gasteiger partial charge is 0.398 e. The van der Waals surface area contributed by atoms with Gasteiger partial charge in [-0.15, -0.1) is 0 Å². The van der Waals surface area contributed by atoms with Gasteiger partial charge < -0.3 is 16.8 Å². The minimum atomic E-state index is -0.630. The molecule has 0 spiro atoms. The van der Waals surface area contributed by atoms with Gasteiger partial charge in [0.05, 0.1) is 16.1 Å². The van der Waals surface area contributed by atoms with Gasteiger partial charge in [0, 0.05) is 15.8 Å². The quantitative estimate of drug-likeness (QED) is 0.726. The molecule has 5 nitrogen and oxygen atoms in total. The van der Waals surface area contributed by atoms with Crippen LogP contribution in [0.25, 0.3) is 0 Å². The maximum atomic E-state index is 12.2. The van der Waals surface area contributed by atoms with E-state index in [0.29, 0.717) is 16.9 Å². The van der Waals surface area contributed by atoms with E-state index in [1.807, 2.05) is 0 Å². The zero-order valence-corrected chi connectivity index (χ0v) is 13.0. The number of halogens is 2. The van der Waals surface area contributed by atoms with Gasteiger partial charge in [-0.1, -0.05) is 27.5 Å². The number of nitrogens with one attached hydrogen (secondary N) is 1. The van der Waals surface area contributed by atoms with Crippen LogP contribution in [0.2, 0.25) is 5.02 Å². The van der Waals surface area contributed by atoms with Crippen LogP contribution in [-0.4, -0.2) is 11.8 Å². The van der Waals surface area contributed by atoms with E-state index < -0.39 is 5.91 Å². The molecule has 0 heterocycles. The Hall–Kier alpha value is -2.05. The molecule has 7 heteroatoms. The topological polar surface area (TPSA) is 98.2 Å². The molecule has 0 fully saturated rings. The number of nitrogens with two attached hydrogens (primary N) is 2. The van der Waals surface area contributed by atoms with E-state index in [9.17, 15) is 9.59 Å². The summed E-state index contributed by atoms with van der Waals surface area (Å²) in [5.74, 6) is -1.01. The van der Waals surface area contributed by atoms with Gasteiger partial charge in [0.25, 0.3) is 5.91 Å². The highest BCUT2D eigenvalue weighted by Gasteiger charge is 2.12. The molecule has 0 radical (unpaired) electrons. The summed E-state index contributed by atoms with van der Waals surface area (Å²) in [6.45, 7) is 0. The van der Waals surface area contributed by atoms with Crippen LogP contribution < -0.4 is 16.8 Å². The van der Waals surface area contributed by atoms with Crippen molar-refractivity contribution in [1.82, 2.24) is 0 Å². The van der Waals surface area contributed by atoms with E-state index in [1.165, 1.54) is 18.2 Å². The molecule has 5 N–H and O–H groups in total. The van der Waals surface area contributed by atoms with Crippen molar-refractivity contribution in [2.24, 2.45) is 5.73 Å². The highest BCUT2D eigenvalue weighted by atomic mass is 79.9. The van der Waals surface area contributed by atoms with Crippen LogP contribution in [-0.2, 0) is 0 Å². The van der Waals surface area contributed by atoms with E-state index >= 15 is 0 Å². The van der Waals surface area contributed by atoms with Crippen LogP contribution >= 0.6 is 27.5 Å². The van der Waals surface area contributed by atoms with Crippen LogP contribution in [0.3, 0.4) is 0 Å². The minimum Gasteiger partial charge on any atom is -0.398 e. The number of carbonyl (C=O) groups is 2. The lowest BCUT2D eigenvalue weighted by molar-refractivity contribution is 0.0998. The Balaban J connectivity index is 2.26. The second-order valence-electron chi connectivity index (χ2n) is 4.24. The fourth-order valence-corrected chi connectivity index (χ4v) is 2.35. The number of carbonyl (C=O) groups excluding carboxylic acids is 2. The molecule has 0 aliphatic heterocycles. The Morgan fingerprint density at radius 1 is 1.10 bits per heavy atom. The van der Waals surface area contributed by atoms with Gasteiger partial charge in [-0.2, -0.15) is 0 Å². The van der Waals surface area contributed by atoms with Crippen molar-refractivity contribution in [3.8, 4) is 0 Å². The summed E-state index contributed by atoms with van der Waals surface area (Å²) in [5.41, 5.74) is 12.3. The van der Waals surface area contributed by atoms with Crippen molar-refractivity contribution in [3.05, 3.63) is 57.0 Å². The van der Waals surface area contributed by atoms with Crippen molar-refractivity contribution < 1.29 is 9.59 Å². The number of primary amides is 1. The number of anilines is 2. The third-order valence-corrected chi connectivity index (χ3v) is 3.56. The number of hydrogen-bond acceptors (Lipinski definition) is 3. The van der Waals surface area contributed by atoms with Crippen molar-refractivity contribution >= 4 is 50.7 Å². The van der Waals surface area contributed by atoms with Crippen LogP contribution in [0.4, 0.5) is 11.4 Å². The summed E-state index contributed by atoms with van der Waals surface area (Å²) < 4.78 is 0.740. The minimum absolute atomic E-state index is 0.169. The van der Waals surface area contributed by atoms with Crippen molar-refractivity contribution in [3.63, 3.8) is 0 Å². The zero-order valence-electron chi connectivity index (χ0n) is 10.7. The Labute approximate surface area is 134 Å². The average Bonchev–Trinajstić information content (AvgIpc) is 2.41. The lowest BCUT2D eigenvalue weighted by Gasteiger charge is -2.09. The third-order valence-electron chi connectivity index (χ3n) is 2.75.